The smallest absolute Gasteiger partial charge is 0.414 e. The molecule has 2 aliphatic rings. The number of hydrogen-bond acceptors (Lipinski definition) is 5. The third-order valence-electron chi connectivity index (χ3n) is 5.48. The fourth-order valence-electron chi connectivity index (χ4n) is 3.71. The summed E-state index contributed by atoms with van der Waals surface area (Å²) >= 11 is 0. The maximum atomic E-state index is 14.8. The molecule has 10 heteroatoms. The lowest BCUT2D eigenvalue weighted by molar-refractivity contribution is 0.129. The topological polar surface area (TPSA) is 63.5 Å². The summed E-state index contributed by atoms with van der Waals surface area (Å²) in [4.78, 5) is 15.2. The molecule has 0 saturated carbocycles. The molecule has 4 rings (SSSR count). The number of anilines is 2. The van der Waals surface area contributed by atoms with Crippen LogP contribution in [0.5, 0.6) is 0 Å². The summed E-state index contributed by atoms with van der Waals surface area (Å²) in [5, 5.41) is 7.54. The van der Waals surface area contributed by atoms with Crippen LogP contribution in [0.3, 0.4) is 0 Å². The second-order valence-electron chi connectivity index (χ2n) is 8.15. The van der Waals surface area contributed by atoms with Gasteiger partial charge in [0.1, 0.15) is 11.8 Å². The highest BCUT2D eigenvalue weighted by atomic mass is 28.3. The molecule has 7 nitrogen and oxygen atoms in total. The molecule has 1 aromatic heterocycles. The van der Waals surface area contributed by atoms with Gasteiger partial charge in [-0.2, -0.15) is 0 Å². The molecule has 2 fully saturated rings. The Morgan fingerprint density at radius 1 is 1.21 bits per heavy atom. The highest BCUT2D eigenvalue weighted by molar-refractivity contribution is 6.77. The van der Waals surface area contributed by atoms with Crippen molar-refractivity contribution < 1.29 is 18.3 Å². The zero-order chi connectivity index (χ0) is 19.9. The van der Waals surface area contributed by atoms with Crippen LogP contribution in [0.15, 0.2) is 24.5 Å². The summed E-state index contributed by atoms with van der Waals surface area (Å²) in [5.41, 5.74) is 0.163. The average Bonchev–Trinajstić information content (AvgIpc) is 3.25. The van der Waals surface area contributed by atoms with Crippen LogP contribution in [0.4, 0.5) is 25.0 Å². The number of ether oxygens (including phenoxy) is 1. The Morgan fingerprint density at radius 3 is 2.50 bits per heavy atom. The SMILES string of the molecule is C[Si]1(C)CCN(c2c(F)cc(N3CC(Cn4ccnn4)OC3=O)cc2F)CC1. The summed E-state index contributed by atoms with van der Waals surface area (Å²) < 4.78 is 36.4. The minimum Gasteiger partial charge on any atom is -0.442 e. The lowest BCUT2D eigenvalue weighted by atomic mass is 10.2. The van der Waals surface area contributed by atoms with Gasteiger partial charge < -0.3 is 9.64 Å². The lowest BCUT2D eigenvalue weighted by Gasteiger charge is -2.37. The predicted octanol–water partition coefficient (Wildman–Crippen LogP) is 3.11. The molecule has 3 heterocycles. The van der Waals surface area contributed by atoms with Gasteiger partial charge in [-0.15, -0.1) is 5.10 Å². The Morgan fingerprint density at radius 2 is 1.89 bits per heavy atom. The molecule has 1 aromatic carbocycles. The van der Waals surface area contributed by atoms with E-state index in [1.165, 1.54) is 23.2 Å². The lowest BCUT2D eigenvalue weighted by Crippen LogP contribution is -2.43. The van der Waals surface area contributed by atoms with E-state index in [9.17, 15) is 13.6 Å². The molecule has 1 unspecified atom stereocenters. The van der Waals surface area contributed by atoms with Crippen LogP contribution in [0, 0.1) is 11.6 Å². The van der Waals surface area contributed by atoms with Crippen molar-refractivity contribution in [2.45, 2.75) is 37.8 Å². The molecule has 0 N–H and O–H groups in total. The Hall–Kier alpha value is -2.49. The van der Waals surface area contributed by atoms with Crippen molar-refractivity contribution in [1.82, 2.24) is 15.0 Å². The van der Waals surface area contributed by atoms with Gasteiger partial charge in [-0.1, -0.05) is 18.3 Å². The van der Waals surface area contributed by atoms with E-state index in [0.29, 0.717) is 19.6 Å². The minimum atomic E-state index is -1.24. The van der Waals surface area contributed by atoms with E-state index in [1.54, 1.807) is 15.8 Å². The molecule has 1 amide bonds. The molecule has 28 heavy (non-hydrogen) atoms. The van der Waals surface area contributed by atoms with E-state index >= 15 is 0 Å². The van der Waals surface area contributed by atoms with Gasteiger partial charge in [0.15, 0.2) is 11.6 Å². The second kappa shape index (κ2) is 7.15. The van der Waals surface area contributed by atoms with Crippen LogP contribution < -0.4 is 9.80 Å². The number of hydrogen-bond donors (Lipinski definition) is 0. The first-order valence-electron chi connectivity index (χ1n) is 9.39. The van der Waals surface area contributed by atoms with Crippen molar-refractivity contribution in [1.29, 1.82) is 0 Å². The number of rotatable bonds is 4. The number of benzene rings is 1. The Balaban J connectivity index is 1.51. The van der Waals surface area contributed by atoms with E-state index < -0.39 is 31.9 Å². The minimum absolute atomic E-state index is 0.0000187. The van der Waals surface area contributed by atoms with Gasteiger partial charge in [0.25, 0.3) is 0 Å². The summed E-state index contributed by atoms with van der Waals surface area (Å²) in [7, 11) is -1.24. The number of carbonyl (C=O) groups is 1. The Labute approximate surface area is 162 Å². The van der Waals surface area contributed by atoms with Gasteiger partial charge in [0.2, 0.25) is 0 Å². The fraction of sp³-hybridized carbons (Fsp3) is 0.500. The highest BCUT2D eigenvalue weighted by Gasteiger charge is 2.35. The van der Waals surface area contributed by atoms with Gasteiger partial charge in [-0.3, -0.25) is 4.90 Å². The fourth-order valence-corrected chi connectivity index (χ4v) is 5.71. The number of cyclic esters (lactones) is 1. The maximum Gasteiger partial charge on any atom is 0.414 e. The van der Waals surface area contributed by atoms with E-state index in [2.05, 4.69) is 23.4 Å². The molecule has 150 valence electrons. The number of halogens is 2. The van der Waals surface area contributed by atoms with Gasteiger partial charge in [-0.25, -0.2) is 18.3 Å². The zero-order valence-corrected chi connectivity index (χ0v) is 16.9. The first-order valence-corrected chi connectivity index (χ1v) is 12.8. The number of nitrogens with zero attached hydrogens (tertiary/aromatic N) is 5. The van der Waals surface area contributed by atoms with Crippen LogP contribution in [-0.4, -0.2) is 54.9 Å². The van der Waals surface area contributed by atoms with Crippen LogP contribution in [0.25, 0.3) is 0 Å². The molecule has 2 saturated heterocycles. The molecule has 1 atom stereocenters. The molecule has 2 aliphatic heterocycles. The van der Waals surface area contributed by atoms with Crippen LogP contribution >= 0.6 is 0 Å². The molecule has 0 radical (unpaired) electrons. The average molecular weight is 407 g/mol. The molecule has 0 spiro atoms. The predicted molar refractivity (Wildman–Crippen MR) is 103 cm³/mol. The van der Waals surface area contributed by atoms with Gasteiger partial charge in [0.05, 0.1) is 33.0 Å². The van der Waals surface area contributed by atoms with Gasteiger partial charge in [0, 0.05) is 31.4 Å². The molecule has 0 bridgehead atoms. The van der Waals surface area contributed by atoms with Crippen molar-refractivity contribution in [3.05, 3.63) is 36.2 Å². The van der Waals surface area contributed by atoms with Crippen LogP contribution in [0.1, 0.15) is 0 Å². The second-order valence-corrected chi connectivity index (χ2v) is 13.5. The number of aromatic nitrogens is 3. The van der Waals surface area contributed by atoms with Gasteiger partial charge in [-0.05, 0) is 12.1 Å². The molecule has 2 aromatic rings. The largest absolute Gasteiger partial charge is 0.442 e. The van der Waals surface area contributed by atoms with E-state index in [4.69, 9.17) is 4.74 Å². The van der Waals surface area contributed by atoms with Crippen molar-refractivity contribution in [2.75, 3.05) is 29.4 Å². The Bertz CT molecular complexity index is 844. The number of carbonyl (C=O) groups excluding carboxylic acids is 1. The highest BCUT2D eigenvalue weighted by Crippen LogP contribution is 2.34. The summed E-state index contributed by atoms with van der Waals surface area (Å²) in [6.07, 6.45) is 2.10. The molecule has 0 aliphatic carbocycles. The van der Waals surface area contributed by atoms with E-state index in [-0.39, 0.29) is 17.9 Å². The van der Waals surface area contributed by atoms with Crippen LogP contribution in [0.2, 0.25) is 25.2 Å². The first kappa shape index (κ1) is 18.9. The Kier molecular flexibility index (Phi) is 4.82. The van der Waals surface area contributed by atoms with Crippen molar-refractivity contribution in [3.63, 3.8) is 0 Å². The van der Waals surface area contributed by atoms with Crippen molar-refractivity contribution in [3.8, 4) is 0 Å². The van der Waals surface area contributed by atoms with Gasteiger partial charge >= 0.3 is 6.09 Å². The summed E-state index contributed by atoms with van der Waals surface area (Å²) in [6, 6.07) is 4.45. The monoisotopic (exact) mass is 407 g/mol. The number of amides is 1. The normalized spacial score (nSPS) is 21.9. The van der Waals surface area contributed by atoms with E-state index in [1.807, 2.05) is 0 Å². The summed E-state index contributed by atoms with van der Waals surface area (Å²) in [5.74, 6) is -1.30. The standard InChI is InChI=1S/C18H23F2N5O2Si/c1-28(2)7-5-23(6-8-28)17-15(19)9-13(10-16(17)20)25-12-14(27-18(25)26)11-24-4-3-21-22-24/h3-4,9-10,14H,5-8,11-12H2,1-2H3. The third-order valence-corrected chi connectivity index (χ3v) is 8.64. The molecular weight excluding hydrogens is 384 g/mol. The zero-order valence-electron chi connectivity index (χ0n) is 15.9. The van der Waals surface area contributed by atoms with Crippen molar-refractivity contribution >= 4 is 25.5 Å². The van der Waals surface area contributed by atoms with Crippen LogP contribution in [-0.2, 0) is 11.3 Å². The van der Waals surface area contributed by atoms with Crippen molar-refractivity contribution in [2.24, 2.45) is 0 Å². The third kappa shape index (κ3) is 3.73. The first-order chi connectivity index (χ1) is 13.3. The summed E-state index contributed by atoms with van der Waals surface area (Å²) in [6.45, 7) is 6.46. The maximum absolute atomic E-state index is 14.8. The molecular formula is C18H23F2N5O2Si. The van der Waals surface area contributed by atoms with E-state index in [0.717, 1.165) is 12.1 Å². The quantitative estimate of drug-likeness (QED) is 0.729.